The third-order valence-corrected chi connectivity index (χ3v) is 2.46. The summed E-state index contributed by atoms with van der Waals surface area (Å²) in [5.74, 6) is 0. The van der Waals surface area contributed by atoms with Gasteiger partial charge in [-0.15, -0.1) is 0 Å². The summed E-state index contributed by atoms with van der Waals surface area (Å²) in [4.78, 5) is 21.9. The number of nitrogens with one attached hydrogen (secondary N) is 1. The van der Waals surface area contributed by atoms with Crippen LogP contribution >= 0.6 is 0 Å². The quantitative estimate of drug-likeness (QED) is 0.912. The van der Waals surface area contributed by atoms with Gasteiger partial charge in [-0.2, -0.15) is 0 Å². The van der Waals surface area contributed by atoms with Crippen LogP contribution in [0, 0.1) is 0 Å². The van der Waals surface area contributed by atoms with Gasteiger partial charge in [0.05, 0.1) is 0 Å². The molecule has 19 heavy (non-hydrogen) atoms. The minimum atomic E-state index is -0.535. The van der Waals surface area contributed by atoms with Crippen molar-refractivity contribution in [2.45, 2.75) is 6.61 Å². The fraction of sp³-hybridized carbons (Fsp3) is 0.0667. The summed E-state index contributed by atoms with van der Waals surface area (Å²) >= 11 is 0. The van der Waals surface area contributed by atoms with Crippen molar-refractivity contribution in [1.29, 1.82) is 0 Å². The average molecular weight is 254 g/mol. The van der Waals surface area contributed by atoms with Crippen LogP contribution in [-0.2, 0) is 16.1 Å². The Balaban J connectivity index is 1.85. The number of benzene rings is 2. The Labute approximate surface area is 111 Å². The molecule has 0 atom stereocenters. The van der Waals surface area contributed by atoms with Crippen LogP contribution in [0.4, 0.5) is 10.5 Å². The highest BCUT2D eigenvalue weighted by atomic mass is 16.5. The summed E-state index contributed by atoms with van der Waals surface area (Å²) in [6, 6.07) is 15.8. The molecular formula is C15H12NO3. The maximum Gasteiger partial charge on any atom is 0.411 e. The minimum Gasteiger partial charge on any atom is -0.444 e. The lowest BCUT2D eigenvalue weighted by Crippen LogP contribution is -2.13. The molecule has 0 aliphatic carbocycles. The van der Waals surface area contributed by atoms with Crippen LogP contribution in [-0.4, -0.2) is 12.4 Å². The number of ether oxygens (including phenoxy) is 1. The van der Waals surface area contributed by atoms with Crippen molar-refractivity contribution in [3.05, 3.63) is 65.7 Å². The van der Waals surface area contributed by atoms with Crippen molar-refractivity contribution in [2.24, 2.45) is 0 Å². The molecule has 1 radical (unpaired) electrons. The summed E-state index contributed by atoms with van der Waals surface area (Å²) in [5.41, 5.74) is 1.92. The maximum absolute atomic E-state index is 11.5. The zero-order valence-electron chi connectivity index (χ0n) is 10.1. The van der Waals surface area contributed by atoms with Crippen LogP contribution in [0.2, 0.25) is 0 Å². The molecule has 2 aromatic rings. The molecule has 0 saturated carbocycles. The van der Waals surface area contributed by atoms with Gasteiger partial charge in [0.25, 0.3) is 0 Å². The predicted molar refractivity (Wildman–Crippen MR) is 71.5 cm³/mol. The number of amides is 1. The molecule has 0 saturated heterocycles. The van der Waals surface area contributed by atoms with Gasteiger partial charge in [-0.1, -0.05) is 30.3 Å². The molecule has 2 aromatic carbocycles. The van der Waals surface area contributed by atoms with Crippen LogP contribution in [0.5, 0.6) is 0 Å². The number of anilines is 1. The Kier molecular flexibility index (Phi) is 4.29. The molecule has 2 rings (SSSR count). The Bertz CT molecular complexity index is 549. The van der Waals surface area contributed by atoms with Gasteiger partial charge in [0.1, 0.15) is 6.61 Å². The number of hydrogen-bond acceptors (Lipinski definition) is 3. The van der Waals surface area contributed by atoms with Crippen LogP contribution in [0.3, 0.4) is 0 Å². The summed E-state index contributed by atoms with van der Waals surface area (Å²) in [5, 5.41) is 2.57. The third-order valence-electron chi connectivity index (χ3n) is 2.46. The Morgan fingerprint density at radius 1 is 1.05 bits per heavy atom. The first-order valence-electron chi connectivity index (χ1n) is 5.74. The van der Waals surface area contributed by atoms with E-state index < -0.39 is 6.09 Å². The fourth-order valence-corrected chi connectivity index (χ4v) is 1.50. The summed E-state index contributed by atoms with van der Waals surface area (Å²) in [6.45, 7) is 0.215. The number of hydrogen-bond donors (Lipinski definition) is 1. The minimum absolute atomic E-state index is 0.215. The average Bonchev–Trinajstić information content (AvgIpc) is 2.47. The van der Waals surface area contributed by atoms with E-state index in [-0.39, 0.29) is 6.61 Å². The van der Waals surface area contributed by atoms with Gasteiger partial charge < -0.3 is 4.74 Å². The smallest absolute Gasteiger partial charge is 0.411 e. The van der Waals surface area contributed by atoms with Gasteiger partial charge >= 0.3 is 6.09 Å². The first-order chi connectivity index (χ1) is 9.28. The molecule has 0 aliphatic rings. The summed E-state index contributed by atoms with van der Waals surface area (Å²) in [7, 11) is 0. The summed E-state index contributed by atoms with van der Waals surface area (Å²) in [6.07, 6.45) is 1.22. The molecule has 0 heterocycles. The van der Waals surface area contributed by atoms with Crippen LogP contribution in [0.25, 0.3) is 0 Å². The Hall–Kier alpha value is -2.62. The lowest BCUT2D eigenvalue weighted by Gasteiger charge is -2.07. The molecule has 0 unspecified atom stereocenters. The van der Waals surface area contributed by atoms with E-state index >= 15 is 0 Å². The van der Waals surface area contributed by atoms with Crippen molar-refractivity contribution >= 4 is 18.1 Å². The second kappa shape index (κ2) is 6.35. The third kappa shape index (κ3) is 3.96. The van der Waals surface area contributed by atoms with Crippen molar-refractivity contribution in [3.8, 4) is 0 Å². The van der Waals surface area contributed by atoms with Crippen LogP contribution in [0.15, 0.2) is 54.6 Å². The van der Waals surface area contributed by atoms with E-state index in [0.717, 1.165) is 5.56 Å². The zero-order chi connectivity index (χ0) is 13.5. The molecule has 4 heteroatoms. The standard InChI is InChI=1S/C15H12NO3/c17-10-12-6-8-14(9-7-12)16-15(18)19-11-13-4-2-1-3-5-13/h1-9H,11H2,(H,16,18). The molecule has 1 amide bonds. The van der Waals surface area contributed by atoms with E-state index in [2.05, 4.69) is 5.32 Å². The summed E-state index contributed by atoms with van der Waals surface area (Å²) < 4.78 is 5.06. The molecule has 4 nitrogen and oxygen atoms in total. The van der Waals surface area contributed by atoms with Gasteiger partial charge in [-0.3, -0.25) is 10.1 Å². The molecule has 0 bridgehead atoms. The van der Waals surface area contributed by atoms with Gasteiger partial charge in [-0.05, 0) is 29.8 Å². The molecule has 1 N–H and O–H groups in total. The SMILES string of the molecule is O=[C]c1ccc(NC(=O)OCc2ccccc2)cc1. The first kappa shape index (κ1) is 12.8. The molecule has 0 spiro atoms. The van der Waals surface area contributed by atoms with E-state index in [0.29, 0.717) is 11.3 Å². The first-order valence-corrected chi connectivity index (χ1v) is 5.74. The second-order valence-electron chi connectivity index (χ2n) is 3.87. The van der Waals surface area contributed by atoms with Crippen LogP contribution in [0.1, 0.15) is 11.1 Å². The molecule has 0 aromatic heterocycles. The van der Waals surface area contributed by atoms with Crippen molar-refractivity contribution in [3.63, 3.8) is 0 Å². The van der Waals surface area contributed by atoms with Gasteiger partial charge in [0, 0.05) is 11.3 Å². The highest BCUT2D eigenvalue weighted by molar-refractivity contribution is 5.85. The van der Waals surface area contributed by atoms with Crippen molar-refractivity contribution in [2.75, 3.05) is 5.32 Å². The number of rotatable bonds is 4. The zero-order valence-corrected chi connectivity index (χ0v) is 10.1. The van der Waals surface area contributed by atoms with Gasteiger partial charge in [0.2, 0.25) is 6.29 Å². The van der Waals surface area contributed by atoms with E-state index in [1.54, 1.807) is 30.6 Å². The Morgan fingerprint density at radius 2 is 1.74 bits per heavy atom. The molecule has 0 fully saturated rings. The highest BCUT2D eigenvalue weighted by Crippen LogP contribution is 2.09. The lowest BCUT2D eigenvalue weighted by molar-refractivity contribution is 0.155. The van der Waals surface area contributed by atoms with Crippen molar-refractivity contribution in [1.82, 2.24) is 0 Å². The lowest BCUT2D eigenvalue weighted by atomic mass is 10.2. The second-order valence-corrected chi connectivity index (χ2v) is 3.87. The maximum atomic E-state index is 11.5. The van der Waals surface area contributed by atoms with Crippen molar-refractivity contribution < 1.29 is 14.3 Å². The predicted octanol–water partition coefficient (Wildman–Crippen LogP) is 2.89. The van der Waals surface area contributed by atoms with Crippen LogP contribution < -0.4 is 5.32 Å². The van der Waals surface area contributed by atoms with E-state index in [1.807, 2.05) is 30.3 Å². The Morgan fingerprint density at radius 3 is 2.37 bits per heavy atom. The normalized spacial score (nSPS) is 9.68. The largest absolute Gasteiger partial charge is 0.444 e. The van der Waals surface area contributed by atoms with Gasteiger partial charge in [-0.25, -0.2) is 4.79 Å². The fourth-order valence-electron chi connectivity index (χ4n) is 1.50. The van der Waals surface area contributed by atoms with E-state index in [1.165, 1.54) is 0 Å². The topological polar surface area (TPSA) is 55.4 Å². The molecule has 95 valence electrons. The highest BCUT2D eigenvalue weighted by Gasteiger charge is 2.03. The molecule has 0 aliphatic heterocycles. The number of carbonyl (C=O) groups excluding carboxylic acids is 2. The monoisotopic (exact) mass is 254 g/mol. The van der Waals surface area contributed by atoms with E-state index in [4.69, 9.17) is 4.74 Å². The number of carbonyl (C=O) groups is 1. The van der Waals surface area contributed by atoms with Gasteiger partial charge in [0.15, 0.2) is 0 Å². The molecular weight excluding hydrogens is 242 g/mol. The van der Waals surface area contributed by atoms with E-state index in [9.17, 15) is 9.59 Å².